The Labute approximate surface area is 69.2 Å². The number of nitrogens with one attached hydrogen (secondary N) is 1. The molecule has 3 unspecified atom stereocenters. The van der Waals surface area contributed by atoms with E-state index in [1.807, 2.05) is 0 Å². The Balaban J connectivity index is 2.28. The van der Waals surface area contributed by atoms with E-state index < -0.39 is 12.2 Å². The third-order valence-electron chi connectivity index (χ3n) is 1.63. The van der Waals surface area contributed by atoms with Crippen LogP contribution in [0.15, 0.2) is 10.2 Å². The molecule has 3 atom stereocenters. The van der Waals surface area contributed by atoms with Crippen molar-refractivity contribution in [2.45, 2.75) is 24.7 Å². The van der Waals surface area contributed by atoms with Crippen molar-refractivity contribution in [2.75, 3.05) is 0 Å². The van der Waals surface area contributed by atoms with Crippen molar-refractivity contribution in [1.82, 2.24) is 5.32 Å². The van der Waals surface area contributed by atoms with Crippen molar-refractivity contribution in [2.24, 2.45) is 15.9 Å². The Morgan fingerprint density at radius 1 is 1.83 bits per heavy atom. The van der Waals surface area contributed by atoms with E-state index in [9.17, 15) is 9.70 Å². The maximum atomic E-state index is 10.1. The molecule has 1 aliphatic heterocycles. The number of hydrogen-bond acceptors (Lipinski definition) is 5. The van der Waals surface area contributed by atoms with Gasteiger partial charge in [-0.05, 0) is 11.6 Å². The second kappa shape index (κ2) is 3.91. The zero-order chi connectivity index (χ0) is 8.97. The molecule has 1 amide bonds. The fourth-order valence-corrected chi connectivity index (χ4v) is 0.892. The quantitative estimate of drug-likeness (QED) is 0.395. The highest BCUT2D eigenvalue weighted by molar-refractivity contribution is 5.77. The van der Waals surface area contributed by atoms with Crippen LogP contribution in [-0.2, 0) is 4.79 Å². The fourth-order valence-electron chi connectivity index (χ4n) is 0.892. The van der Waals surface area contributed by atoms with Crippen LogP contribution in [0, 0.1) is 4.91 Å². The predicted molar refractivity (Wildman–Crippen MR) is 43.7 cm³/mol. The van der Waals surface area contributed by atoms with Crippen LogP contribution in [0.3, 0.4) is 0 Å². The van der Waals surface area contributed by atoms with E-state index >= 15 is 0 Å². The Kier molecular flexibility index (Phi) is 2.87. The maximum absolute atomic E-state index is 10.1. The van der Waals surface area contributed by atoms with E-state index in [0.717, 1.165) is 0 Å². The number of carbonyl (C=O) groups excluding carboxylic acids is 1. The summed E-state index contributed by atoms with van der Waals surface area (Å²) >= 11 is 0. The van der Waals surface area contributed by atoms with Crippen LogP contribution in [0.2, 0.25) is 0 Å². The molecule has 0 bridgehead atoms. The first-order valence-electron chi connectivity index (χ1n) is 3.59. The van der Waals surface area contributed by atoms with Gasteiger partial charge in [0.25, 0.3) is 0 Å². The van der Waals surface area contributed by atoms with Gasteiger partial charge >= 0.3 is 0 Å². The summed E-state index contributed by atoms with van der Waals surface area (Å²) in [7, 11) is 0. The Bertz CT molecular complexity index is 200. The first-order valence-corrected chi connectivity index (χ1v) is 3.59. The molecule has 0 saturated carbocycles. The lowest BCUT2D eigenvalue weighted by molar-refractivity contribution is -0.110. The van der Waals surface area contributed by atoms with Crippen LogP contribution < -0.4 is 11.1 Å². The summed E-state index contributed by atoms with van der Waals surface area (Å²) in [4.78, 5) is 24.0. The van der Waals surface area contributed by atoms with Gasteiger partial charge in [0.05, 0.1) is 12.1 Å². The van der Waals surface area contributed by atoms with Crippen molar-refractivity contribution in [3.63, 3.8) is 0 Å². The van der Waals surface area contributed by atoms with Gasteiger partial charge in [-0.3, -0.25) is 9.79 Å². The number of carbonyl (C=O) groups is 1. The summed E-state index contributed by atoms with van der Waals surface area (Å²) in [6, 6.07) is -0.321. The molecule has 0 aliphatic carbocycles. The zero-order valence-corrected chi connectivity index (χ0v) is 6.38. The van der Waals surface area contributed by atoms with Gasteiger partial charge in [0.2, 0.25) is 6.41 Å². The molecule has 0 saturated heterocycles. The zero-order valence-electron chi connectivity index (χ0n) is 6.38. The Hall–Kier alpha value is -1.30. The Morgan fingerprint density at radius 2 is 2.50 bits per heavy atom. The Morgan fingerprint density at radius 3 is 2.92 bits per heavy atom. The van der Waals surface area contributed by atoms with Crippen molar-refractivity contribution in [3.8, 4) is 0 Å². The molecule has 0 aromatic carbocycles. The number of nitrogens with zero attached hydrogens (tertiary/aromatic N) is 2. The van der Waals surface area contributed by atoms with Gasteiger partial charge < -0.3 is 11.1 Å². The lowest BCUT2D eigenvalue weighted by Gasteiger charge is -2.14. The predicted octanol–water partition coefficient (Wildman–Crippen LogP) is -1.00. The topological polar surface area (TPSA) is 96.9 Å². The first kappa shape index (κ1) is 8.79. The summed E-state index contributed by atoms with van der Waals surface area (Å²) in [6.45, 7) is 0. The summed E-state index contributed by atoms with van der Waals surface area (Å²) in [5, 5.41) is 4.91. The molecule has 0 fully saturated rings. The second-order valence-electron chi connectivity index (χ2n) is 2.60. The van der Waals surface area contributed by atoms with Crippen LogP contribution in [-0.4, -0.2) is 30.9 Å². The standard InChI is InChI=1S/C6H10N4O2/c7-5(1-4-2-8-4)6(10-12)9-3-11/h2-6H,1,7H2,(H,9,11). The van der Waals surface area contributed by atoms with Gasteiger partial charge in [0.1, 0.15) is 0 Å². The van der Waals surface area contributed by atoms with Gasteiger partial charge in [-0.25, -0.2) is 0 Å². The van der Waals surface area contributed by atoms with E-state index in [1.54, 1.807) is 6.21 Å². The molecule has 1 rings (SSSR count). The second-order valence-corrected chi connectivity index (χ2v) is 2.60. The molecule has 1 aliphatic rings. The minimum absolute atomic E-state index is 0.137. The van der Waals surface area contributed by atoms with Crippen LogP contribution >= 0.6 is 0 Å². The van der Waals surface area contributed by atoms with Crippen molar-refractivity contribution < 1.29 is 4.79 Å². The molecule has 0 aromatic heterocycles. The molecule has 6 heteroatoms. The van der Waals surface area contributed by atoms with Crippen LogP contribution in [0.4, 0.5) is 0 Å². The van der Waals surface area contributed by atoms with Crippen molar-refractivity contribution in [3.05, 3.63) is 4.91 Å². The fraction of sp³-hybridized carbons (Fsp3) is 0.667. The third-order valence-corrected chi connectivity index (χ3v) is 1.63. The normalized spacial score (nSPS) is 24.2. The van der Waals surface area contributed by atoms with Crippen LogP contribution in [0.5, 0.6) is 0 Å². The number of rotatable bonds is 6. The molecule has 12 heavy (non-hydrogen) atoms. The van der Waals surface area contributed by atoms with Gasteiger partial charge in [0.15, 0.2) is 6.17 Å². The van der Waals surface area contributed by atoms with E-state index in [2.05, 4.69) is 15.5 Å². The van der Waals surface area contributed by atoms with E-state index in [0.29, 0.717) is 12.8 Å². The van der Waals surface area contributed by atoms with Crippen LogP contribution in [0.25, 0.3) is 0 Å². The molecular formula is C6H10N4O2. The third kappa shape index (κ3) is 2.39. The lowest BCUT2D eigenvalue weighted by atomic mass is 10.1. The number of nitroso groups, excluding NO2 is 1. The first-order chi connectivity index (χ1) is 5.77. The monoisotopic (exact) mass is 170 g/mol. The summed E-state index contributed by atoms with van der Waals surface area (Å²) in [5.41, 5.74) is 5.56. The molecule has 3 N–H and O–H groups in total. The molecule has 1 heterocycles. The molecule has 6 nitrogen and oxygen atoms in total. The van der Waals surface area contributed by atoms with Gasteiger partial charge in [-0.2, -0.15) is 0 Å². The van der Waals surface area contributed by atoms with Gasteiger partial charge in [-0.1, -0.05) is 0 Å². The summed E-state index contributed by atoms with van der Waals surface area (Å²) in [6.07, 6.45) is 1.87. The highest BCUT2D eigenvalue weighted by Gasteiger charge is 2.24. The van der Waals surface area contributed by atoms with Gasteiger partial charge in [-0.15, -0.1) is 4.91 Å². The summed E-state index contributed by atoms with van der Waals surface area (Å²) in [5.74, 6) is 0. The smallest absolute Gasteiger partial charge is 0.208 e. The minimum atomic E-state index is -0.841. The van der Waals surface area contributed by atoms with E-state index in [1.165, 1.54) is 0 Å². The van der Waals surface area contributed by atoms with E-state index in [-0.39, 0.29) is 6.04 Å². The molecule has 0 radical (unpaired) electrons. The number of aliphatic imine (C=N–C) groups is 1. The van der Waals surface area contributed by atoms with Crippen LogP contribution in [0.1, 0.15) is 6.42 Å². The average Bonchev–Trinajstić information content (AvgIpc) is 2.83. The number of amides is 1. The highest BCUT2D eigenvalue weighted by Crippen LogP contribution is 2.10. The SMILES string of the molecule is NC(CC1C=N1)C(N=O)NC=O. The average molecular weight is 170 g/mol. The minimum Gasteiger partial charge on any atom is -0.333 e. The van der Waals surface area contributed by atoms with Crippen molar-refractivity contribution in [1.29, 1.82) is 0 Å². The van der Waals surface area contributed by atoms with Gasteiger partial charge in [0, 0.05) is 6.21 Å². The number of nitrogens with two attached hydrogens (primary N) is 1. The molecule has 0 aromatic rings. The number of hydrogen-bond donors (Lipinski definition) is 2. The summed E-state index contributed by atoms with van der Waals surface area (Å²) < 4.78 is 0. The molecule has 0 spiro atoms. The van der Waals surface area contributed by atoms with Crippen molar-refractivity contribution >= 4 is 12.6 Å². The maximum Gasteiger partial charge on any atom is 0.208 e. The van der Waals surface area contributed by atoms with E-state index in [4.69, 9.17) is 5.73 Å². The highest BCUT2D eigenvalue weighted by atomic mass is 16.3. The lowest BCUT2D eigenvalue weighted by Crippen LogP contribution is -2.43. The molecular weight excluding hydrogens is 160 g/mol. The molecule has 66 valence electrons. The largest absolute Gasteiger partial charge is 0.333 e.